The number of aryl methyl sites for hydroxylation is 1. The number of hydrogen-bond acceptors (Lipinski definition) is 2. The summed E-state index contributed by atoms with van der Waals surface area (Å²) in [6.45, 7) is 5.08. The molecule has 0 saturated heterocycles. The molecule has 2 aromatic carbocycles. The van der Waals surface area contributed by atoms with Crippen molar-refractivity contribution >= 4 is 11.7 Å². The number of amides is 2. The van der Waals surface area contributed by atoms with Gasteiger partial charge in [0, 0.05) is 12.2 Å². The number of carbonyl (C=O) groups is 1. The number of nitrogens with one attached hydrogen (secondary N) is 2. The summed E-state index contributed by atoms with van der Waals surface area (Å²) in [6.07, 6.45) is 0. The van der Waals surface area contributed by atoms with E-state index in [0.29, 0.717) is 13.2 Å². The molecule has 0 fully saturated rings. The molecular weight excluding hydrogens is 264 g/mol. The Morgan fingerprint density at radius 2 is 1.71 bits per heavy atom. The van der Waals surface area contributed by atoms with Gasteiger partial charge in [-0.15, -0.1) is 0 Å². The lowest BCUT2D eigenvalue weighted by molar-refractivity contribution is 0.251. The fraction of sp³-hybridized carbons (Fsp3) is 0.235. The zero-order valence-corrected chi connectivity index (χ0v) is 12.3. The molecule has 0 aromatic heterocycles. The first-order valence-electron chi connectivity index (χ1n) is 7.00. The summed E-state index contributed by atoms with van der Waals surface area (Å²) in [5, 5.41) is 5.62. The zero-order chi connectivity index (χ0) is 15.1. The number of carbonyl (C=O) groups excluding carboxylic acids is 1. The number of hydrogen-bond donors (Lipinski definition) is 2. The summed E-state index contributed by atoms with van der Waals surface area (Å²) in [7, 11) is 0. The van der Waals surface area contributed by atoms with Crippen LogP contribution >= 0.6 is 0 Å². The fourth-order valence-corrected chi connectivity index (χ4v) is 1.86. The Bertz CT molecular complexity index is 577. The largest absolute Gasteiger partial charge is 0.494 e. The van der Waals surface area contributed by atoms with Crippen molar-refractivity contribution in [3.8, 4) is 5.75 Å². The van der Waals surface area contributed by atoms with Crippen molar-refractivity contribution < 1.29 is 9.53 Å². The average Bonchev–Trinajstić information content (AvgIpc) is 2.49. The Hall–Kier alpha value is -2.49. The summed E-state index contributed by atoms with van der Waals surface area (Å²) in [5.74, 6) is 0.838. The van der Waals surface area contributed by atoms with Crippen LogP contribution in [0.15, 0.2) is 48.5 Å². The lowest BCUT2D eigenvalue weighted by Crippen LogP contribution is -2.28. The first-order chi connectivity index (χ1) is 10.2. The van der Waals surface area contributed by atoms with Crippen LogP contribution < -0.4 is 15.4 Å². The number of anilines is 1. The molecule has 0 aliphatic heterocycles. The van der Waals surface area contributed by atoms with Crippen LogP contribution in [0.5, 0.6) is 5.75 Å². The Labute approximate surface area is 125 Å². The third-order valence-electron chi connectivity index (χ3n) is 3.00. The molecule has 2 aromatic rings. The number of benzene rings is 2. The quantitative estimate of drug-likeness (QED) is 0.879. The Kier molecular flexibility index (Phi) is 5.21. The first kappa shape index (κ1) is 14.9. The van der Waals surface area contributed by atoms with E-state index in [4.69, 9.17) is 4.74 Å². The maximum atomic E-state index is 11.8. The fourth-order valence-electron chi connectivity index (χ4n) is 1.86. The summed E-state index contributed by atoms with van der Waals surface area (Å²) in [5.41, 5.74) is 2.97. The topological polar surface area (TPSA) is 50.4 Å². The molecule has 2 amide bonds. The van der Waals surface area contributed by atoms with Gasteiger partial charge in [-0.3, -0.25) is 0 Å². The van der Waals surface area contributed by atoms with Crippen molar-refractivity contribution in [2.45, 2.75) is 20.4 Å². The first-order valence-corrected chi connectivity index (χ1v) is 7.00. The normalized spacial score (nSPS) is 10.0. The van der Waals surface area contributed by atoms with Gasteiger partial charge < -0.3 is 15.4 Å². The summed E-state index contributed by atoms with van der Waals surface area (Å²) < 4.78 is 5.38. The van der Waals surface area contributed by atoms with Crippen LogP contribution in [0, 0.1) is 6.92 Å². The third kappa shape index (κ3) is 4.84. The smallest absolute Gasteiger partial charge is 0.319 e. The molecule has 0 spiro atoms. The van der Waals surface area contributed by atoms with Crippen LogP contribution in [0.4, 0.5) is 10.5 Å². The number of urea groups is 1. The van der Waals surface area contributed by atoms with Gasteiger partial charge in [-0.05, 0) is 43.7 Å². The van der Waals surface area contributed by atoms with Gasteiger partial charge in [0.05, 0.1) is 6.61 Å². The van der Waals surface area contributed by atoms with E-state index in [9.17, 15) is 4.79 Å². The van der Waals surface area contributed by atoms with Gasteiger partial charge in [0.25, 0.3) is 0 Å². The molecule has 0 heterocycles. The van der Waals surface area contributed by atoms with Gasteiger partial charge >= 0.3 is 6.03 Å². The van der Waals surface area contributed by atoms with Crippen LogP contribution in [0.25, 0.3) is 0 Å². The van der Waals surface area contributed by atoms with Crippen molar-refractivity contribution in [3.05, 3.63) is 59.7 Å². The molecule has 4 nitrogen and oxygen atoms in total. The van der Waals surface area contributed by atoms with Gasteiger partial charge in [0.2, 0.25) is 0 Å². The zero-order valence-electron chi connectivity index (χ0n) is 12.3. The van der Waals surface area contributed by atoms with Gasteiger partial charge in [0.15, 0.2) is 0 Å². The van der Waals surface area contributed by atoms with Crippen molar-refractivity contribution in [1.29, 1.82) is 0 Å². The highest BCUT2D eigenvalue weighted by atomic mass is 16.5. The third-order valence-corrected chi connectivity index (χ3v) is 3.00. The van der Waals surface area contributed by atoms with E-state index in [1.54, 1.807) is 0 Å². The lowest BCUT2D eigenvalue weighted by Gasteiger charge is -2.09. The average molecular weight is 284 g/mol. The van der Waals surface area contributed by atoms with Gasteiger partial charge in [-0.1, -0.05) is 29.8 Å². The number of rotatable bonds is 5. The maximum Gasteiger partial charge on any atom is 0.319 e. The van der Waals surface area contributed by atoms with Crippen molar-refractivity contribution in [3.63, 3.8) is 0 Å². The molecule has 0 atom stereocenters. The molecule has 0 saturated carbocycles. The number of ether oxygens (including phenoxy) is 1. The van der Waals surface area contributed by atoms with Crippen molar-refractivity contribution in [1.82, 2.24) is 5.32 Å². The van der Waals surface area contributed by atoms with Crippen LogP contribution in [-0.2, 0) is 6.54 Å². The minimum atomic E-state index is -0.215. The van der Waals surface area contributed by atoms with Crippen LogP contribution in [-0.4, -0.2) is 12.6 Å². The highest BCUT2D eigenvalue weighted by Crippen LogP contribution is 2.12. The SMILES string of the molecule is CCOc1ccc(CNC(=O)Nc2ccc(C)cc2)cc1. The standard InChI is InChI=1S/C17H20N2O2/c1-3-21-16-10-6-14(7-11-16)12-18-17(20)19-15-8-4-13(2)5-9-15/h4-11H,3,12H2,1-2H3,(H2,18,19,20). The summed E-state index contributed by atoms with van der Waals surface area (Å²) in [6, 6.07) is 15.2. The van der Waals surface area contributed by atoms with E-state index in [1.165, 1.54) is 0 Å². The lowest BCUT2D eigenvalue weighted by atomic mass is 10.2. The second-order valence-electron chi connectivity index (χ2n) is 4.75. The Balaban J connectivity index is 1.81. The second kappa shape index (κ2) is 7.33. The minimum absolute atomic E-state index is 0.215. The molecule has 2 N–H and O–H groups in total. The maximum absolute atomic E-state index is 11.8. The molecule has 4 heteroatoms. The highest BCUT2D eigenvalue weighted by Gasteiger charge is 2.02. The highest BCUT2D eigenvalue weighted by molar-refractivity contribution is 5.89. The van der Waals surface area contributed by atoms with Crippen LogP contribution in [0.1, 0.15) is 18.1 Å². The molecule has 21 heavy (non-hydrogen) atoms. The molecule has 110 valence electrons. The van der Waals surface area contributed by atoms with Gasteiger partial charge in [-0.2, -0.15) is 0 Å². The Morgan fingerprint density at radius 3 is 2.33 bits per heavy atom. The molecule has 0 aliphatic rings. The van der Waals surface area contributed by atoms with E-state index >= 15 is 0 Å². The monoisotopic (exact) mass is 284 g/mol. The Morgan fingerprint density at radius 1 is 1.05 bits per heavy atom. The van der Waals surface area contributed by atoms with E-state index < -0.39 is 0 Å². The van der Waals surface area contributed by atoms with E-state index in [1.807, 2.05) is 62.4 Å². The second-order valence-corrected chi connectivity index (χ2v) is 4.75. The molecule has 0 aliphatic carbocycles. The summed E-state index contributed by atoms with van der Waals surface area (Å²) >= 11 is 0. The molecule has 2 rings (SSSR count). The van der Waals surface area contributed by atoms with Crippen molar-refractivity contribution in [2.75, 3.05) is 11.9 Å². The van der Waals surface area contributed by atoms with Crippen molar-refractivity contribution in [2.24, 2.45) is 0 Å². The summed E-state index contributed by atoms with van der Waals surface area (Å²) in [4.78, 5) is 11.8. The van der Waals surface area contributed by atoms with Crippen LogP contribution in [0.3, 0.4) is 0 Å². The van der Waals surface area contributed by atoms with Crippen LogP contribution in [0.2, 0.25) is 0 Å². The molecule has 0 radical (unpaired) electrons. The predicted molar refractivity (Wildman–Crippen MR) is 84.6 cm³/mol. The molecule has 0 bridgehead atoms. The predicted octanol–water partition coefficient (Wildman–Crippen LogP) is 3.72. The van der Waals surface area contributed by atoms with E-state index in [-0.39, 0.29) is 6.03 Å². The molecular formula is C17H20N2O2. The minimum Gasteiger partial charge on any atom is -0.494 e. The van der Waals surface area contributed by atoms with Gasteiger partial charge in [-0.25, -0.2) is 4.79 Å². The van der Waals surface area contributed by atoms with E-state index in [0.717, 1.165) is 22.6 Å². The molecule has 0 unspecified atom stereocenters. The van der Waals surface area contributed by atoms with Gasteiger partial charge in [0.1, 0.15) is 5.75 Å². The van der Waals surface area contributed by atoms with E-state index in [2.05, 4.69) is 10.6 Å².